The van der Waals surface area contributed by atoms with E-state index in [2.05, 4.69) is 72.8 Å². The minimum atomic E-state index is -0.0132. The first-order valence-corrected chi connectivity index (χ1v) is 9.32. The Morgan fingerprint density at radius 3 is 2.38 bits per heavy atom. The Morgan fingerprint density at radius 1 is 1.12 bits per heavy atom. The van der Waals surface area contributed by atoms with Crippen molar-refractivity contribution < 1.29 is 4.79 Å². The molecule has 0 spiro atoms. The van der Waals surface area contributed by atoms with Gasteiger partial charge >= 0.3 is 0 Å². The van der Waals surface area contributed by atoms with Gasteiger partial charge in [-0.15, -0.1) is 0 Å². The van der Waals surface area contributed by atoms with Crippen molar-refractivity contribution >= 4 is 17.3 Å². The van der Waals surface area contributed by atoms with Gasteiger partial charge in [0.15, 0.2) is 0 Å². The highest BCUT2D eigenvalue weighted by Gasteiger charge is 2.20. The van der Waals surface area contributed by atoms with Crippen LogP contribution in [0.2, 0.25) is 0 Å². The van der Waals surface area contributed by atoms with Gasteiger partial charge in [-0.25, -0.2) is 0 Å². The second-order valence-corrected chi connectivity index (χ2v) is 8.66. The monoisotopic (exact) mass is 354 g/mol. The molecule has 0 atom stereocenters. The van der Waals surface area contributed by atoms with E-state index in [0.29, 0.717) is 6.42 Å². The van der Waals surface area contributed by atoms with E-state index in [1.165, 1.54) is 11.4 Å². The van der Waals surface area contributed by atoms with Crippen LogP contribution in [-0.4, -0.2) is 22.2 Å². The van der Waals surface area contributed by atoms with Crippen LogP contribution in [0.5, 0.6) is 0 Å². The normalized spacial score (nSPS) is 14.3. The Hall–Kier alpha value is -2.30. The minimum absolute atomic E-state index is 0.0132. The highest BCUT2D eigenvalue weighted by atomic mass is 16.1. The molecular formula is C21H30N4O. The van der Waals surface area contributed by atoms with Crippen LogP contribution in [0.1, 0.15) is 49.7 Å². The highest BCUT2D eigenvalue weighted by molar-refractivity contribution is 5.93. The molecule has 1 amide bonds. The number of fused-ring (bicyclic) bond motifs is 1. The molecule has 140 valence electrons. The molecule has 0 radical (unpaired) electrons. The first-order valence-electron chi connectivity index (χ1n) is 9.32. The molecule has 2 aromatic rings. The fourth-order valence-electron chi connectivity index (χ4n) is 3.62. The summed E-state index contributed by atoms with van der Waals surface area (Å²) in [5, 5.41) is 7.65. The SMILES string of the molecule is Cc1cc2n(n1)CCN(c1cc(C)c(NC(=O)CC(C)(C)C)c(C)c1)C2. The maximum atomic E-state index is 12.3. The number of benzene rings is 1. The van der Waals surface area contributed by atoms with Crippen molar-refractivity contribution in [1.29, 1.82) is 0 Å². The molecule has 2 heterocycles. The van der Waals surface area contributed by atoms with Gasteiger partial charge in [0.25, 0.3) is 0 Å². The zero-order valence-electron chi connectivity index (χ0n) is 16.8. The third kappa shape index (κ3) is 4.09. The van der Waals surface area contributed by atoms with E-state index in [0.717, 1.165) is 42.1 Å². The highest BCUT2D eigenvalue weighted by Crippen LogP contribution is 2.30. The van der Waals surface area contributed by atoms with E-state index in [1.807, 2.05) is 6.92 Å². The second kappa shape index (κ2) is 6.78. The van der Waals surface area contributed by atoms with E-state index in [9.17, 15) is 4.79 Å². The number of carbonyl (C=O) groups is 1. The summed E-state index contributed by atoms with van der Waals surface area (Å²) in [6.45, 7) is 15.2. The van der Waals surface area contributed by atoms with Crippen molar-refractivity contribution in [2.45, 2.75) is 61.1 Å². The molecule has 5 nitrogen and oxygen atoms in total. The lowest BCUT2D eigenvalue weighted by Gasteiger charge is -2.30. The zero-order chi connectivity index (χ0) is 19.1. The van der Waals surface area contributed by atoms with E-state index < -0.39 is 0 Å². The number of hydrogen-bond acceptors (Lipinski definition) is 3. The molecule has 0 bridgehead atoms. The molecule has 1 aliphatic rings. The number of aryl methyl sites for hydroxylation is 3. The summed E-state index contributed by atoms with van der Waals surface area (Å²) in [6.07, 6.45) is 0.517. The molecular weight excluding hydrogens is 324 g/mol. The van der Waals surface area contributed by atoms with Crippen LogP contribution in [0, 0.1) is 26.2 Å². The van der Waals surface area contributed by atoms with Crippen molar-refractivity contribution in [2.24, 2.45) is 5.41 Å². The summed E-state index contributed by atoms with van der Waals surface area (Å²) >= 11 is 0. The van der Waals surface area contributed by atoms with Crippen LogP contribution in [0.4, 0.5) is 11.4 Å². The number of carbonyl (C=O) groups excluding carboxylic acids is 1. The van der Waals surface area contributed by atoms with Gasteiger partial charge in [-0.1, -0.05) is 20.8 Å². The fraction of sp³-hybridized carbons (Fsp3) is 0.524. The van der Waals surface area contributed by atoms with E-state index in [1.54, 1.807) is 0 Å². The molecule has 3 rings (SSSR count). The summed E-state index contributed by atoms with van der Waals surface area (Å²) in [5.74, 6) is 0.0776. The number of nitrogens with zero attached hydrogens (tertiary/aromatic N) is 3. The second-order valence-electron chi connectivity index (χ2n) is 8.66. The molecule has 1 aliphatic heterocycles. The molecule has 0 saturated carbocycles. The molecule has 0 saturated heterocycles. The van der Waals surface area contributed by atoms with Crippen molar-refractivity contribution in [3.05, 3.63) is 40.7 Å². The predicted molar refractivity (Wildman–Crippen MR) is 107 cm³/mol. The molecule has 1 aromatic heterocycles. The number of nitrogens with one attached hydrogen (secondary N) is 1. The lowest BCUT2D eigenvalue weighted by Crippen LogP contribution is -2.34. The molecule has 1 N–H and O–H groups in total. The Bertz CT molecular complexity index is 806. The number of aromatic nitrogens is 2. The van der Waals surface area contributed by atoms with Crippen LogP contribution in [0.3, 0.4) is 0 Å². The summed E-state index contributed by atoms with van der Waals surface area (Å²) in [5.41, 5.74) is 6.69. The summed E-state index contributed by atoms with van der Waals surface area (Å²) in [6, 6.07) is 6.52. The van der Waals surface area contributed by atoms with Crippen molar-refractivity contribution in [3.63, 3.8) is 0 Å². The molecule has 0 aliphatic carbocycles. The smallest absolute Gasteiger partial charge is 0.224 e. The standard InChI is InChI=1S/C21H30N4O/c1-14-9-17(24-7-8-25-18(13-24)11-16(3)23-25)10-15(2)20(14)22-19(26)12-21(4,5)6/h9-11H,7-8,12-13H2,1-6H3,(H,22,26). The summed E-state index contributed by atoms with van der Waals surface area (Å²) < 4.78 is 2.10. The van der Waals surface area contributed by atoms with Crippen LogP contribution < -0.4 is 10.2 Å². The number of rotatable bonds is 3. The van der Waals surface area contributed by atoms with Gasteiger partial charge in [0, 0.05) is 24.3 Å². The lowest BCUT2D eigenvalue weighted by atomic mass is 9.92. The van der Waals surface area contributed by atoms with E-state index >= 15 is 0 Å². The lowest BCUT2D eigenvalue weighted by molar-refractivity contribution is -0.117. The van der Waals surface area contributed by atoms with Crippen LogP contribution in [0.15, 0.2) is 18.2 Å². The van der Waals surface area contributed by atoms with Gasteiger partial charge in [-0.2, -0.15) is 5.10 Å². The predicted octanol–water partition coefficient (Wildman–Crippen LogP) is 4.20. The Labute approximate surface area is 156 Å². The maximum Gasteiger partial charge on any atom is 0.224 e. The zero-order valence-corrected chi connectivity index (χ0v) is 16.8. The average molecular weight is 354 g/mol. The Morgan fingerprint density at radius 2 is 1.77 bits per heavy atom. The third-order valence-corrected chi connectivity index (χ3v) is 4.76. The van der Waals surface area contributed by atoms with Gasteiger partial charge in [0.2, 0.25) is 5.91 Å². The molecule has 5 heteroatoms. The van der Waals surface area contributed by atoms with E-state index in [4.69, 9.17) is 0 Å². The summed E-state index contributed by atoms with van der Waals surface area (Å²) in [7, 11) is 0. The molecule has 26 heavy (non-hydrogen) atoms. The molecule has 0 unspecified atom stereocenters. The Balaban J connectivity index is 1.78. The first kappa shape index (κ1) is 18.5. The quantitative estimate of drug-likeness (QED) is 0.898. The van der Waals surface area contributed by atoms with Crippen molar-refractivity contribution in [3.8, 4) is 0 Å². The number of hydrogen-bond donors (Lipinski definition) is 1. The van der Waals surface area contributed by atoms with Crippen LogP contribution in [0.25, 0.3) is 0 Å². The molecule has 0 fully saturated rings. The topological polar surface area (TPSA) is 50.2 Å². The van der Waals surface area contributed by atoms with E-state index in [-0.39, 0.29) is 11.3 Å². The number of amides is 1. The average Bonchev–Trinajstić information content (AvgIpc) is 2.88. The van der Waals surface area contributed by atoms with Crippen molar-refractivity contribution in [2.75, 3.05) is 16.8 Å². The van der Waals surface area contributed by atoms with Crippen LogP contribution >= 0.6 is 0 Å². The van der Waals surface area contributed by atoms with Gasteiger partial charge in [-0.3, -0.25) is 9.48 Å². The summed E-state index contributed by atoms with van der Waals surface area (Å²) in [4.78, 5) is 14.7. The van der Waals surface area contributed by atoms with Gasteiger partial charge < -0.3 is 10.2 Å². The van der Waals surface area contributed by atoms with Crippen molar-refractivity contribution in [1.82, 2.24) is 9.78 Å². The van der Waals surface area contributed by atoms with Gasteiger partial charge in [0.1, 0.15) is 0 Å². The van der Waals surface area contributed by atoms with Gasteiger partial charge in [0.05, 0.1) is 24.5 Å². The third-order valence-electron chi connectivity index (χ3n) is 4.76. The Kier molecular flexibility index (Phi) is 4.82. The maximum absolute atomic E-state index is 12.3. The number of anilines is 2. The fourth-order valence-corrected chi connectivity index (χ4v) is 3.62. The molecule has 1 aromatic carbocycles. The van der Waals surface area contributed by atoms with Gasteiger partial charge in [-0.05, 0) is 55.5 Å². The first-order chi connectivity index (χ1) is 12.1. The minimum Gasteiger partial charge on any atom is -0.364 e. The van der Waals surface area contributed by atoms with Crippen LogP contribution in [-0.2, 0) is 17.9 Å². The largest absolute Gasteiger partial charge is 0.364 e.